The minimum Gasteiger partial charge on any atom is -0.382 e. The first-order valence-corrected chi connectivity index (χ1v) is 5.59. The number of nitro groups is 1. The molecule has 0 fully saturated rings. The molecular weight excluding hydrogens is 329 g/mol. The standard InChI is InChI=1S/C10H6ClF3N6O2/c11-8-5(18-19-6(3-15)9(16)17)1-4(10(12,13)14)2-7(8)20(21)22/h1-2,18H,(H3,16,17)/b19-6+. The molecule has 8 nitrogen and oxygen atoms in total. The molecule has 22 heavy (non-hydrogen) atoms. The lowest BCUT2D eigenvalue weighted by atomic mass is 10.1. The van der Waals surface area contributed by atoms with Gasteiger partial charge in [-0.25, -0.2) is 0 Å². The summed E-state index contributed by atoms with van der Waals surface area (Å²) in [6, 6.07) is 2.16. The summed E-state index contributed by atoms with van der Waals surface area (Å²) < 4.78 is 38.1. The predicted octanol–water partition coefficient (Wildman–Crippen LogP) is 2.49. The van der Waals surface area contributed by atoms with Crippen LogP contribution in [0.3, 0.4) is 0 Å². The SMILES string of the molecule is N#C/C(=N\Nc1cc(C(F)(F)F)cc([N+](=O)[O-])c1Cl)C(=N)N. The average Bonchev–Trinajstić information content (AvgIpc) is 2.38. The first kappa shape index (κ1) is 17.2. The van der Waals surface area contributed by atoms with Gasteiger partial charge in [0.2, 0.25) is 5.71 Å². The van der Waals surface area contributed by atoms with E-state index in [-0.39, 0.29) is 6.07 Å². The third-order valence-corrected chi connectivity index (χ3v) is 2.62. The van der Waals surface area contributed by atoms with Gasteiger partial charge in [0.25, 0.3) is 5.69 Å². The first-order valence-electron chi connectivity index (χ1n) is 5.21. The van der Waals surface area contributed by atoms with Gasteiger partial charge in [0.15, 0.2) is 5.84 Å². The molecule has 0 spiro atoms. The molecule has 0 aliphatic carbocycles. The quantitative estimate of drug-likeness (QED) is 0.335. The second-order valence-electron chi connectivity index (χ2n) is 3.71. The molecule has 0 aromatic heterocycles. The second-order valence-corrected chi connectivity index (χ2v) is 4.09. The zero-order chi connectivity index (χ0) is 17.1. The number of hydrazone groups is 1. The Morgan fingerprint density at radius 2 is 2.14 bits per heavy atom. The molecule has 12 heteroatoms. The number of amidine groups is 1. The van der Waals surface area contributed by atoms with Gasteiger partial charge < -0.3 is 5.73 Å². The molecule has 0 radical (unpaired) electrons. The smallest absolute Gasteiger partial charge is 0.382 e. The number of nitrogens with one attached hydrogen (secondary N) is 2. The number of rotatable bonds is 4. The van der Waals surface area contributed by atoms with E-state index in [2.05, 4.69) is 5.10 Å². The van der Waals surface area contributed by atoms with Gasteiger partial charge in [-0.3, -0.25) is 20.9 Å². The Balaban J connectivity index is 3.41. The van der Waals surface area contributed by atoms with Gasteiger partial charge in [0.05, 0.1) is 16.2 Å². The monoisotopic (exact) mass is 334 g/mol. The van der Waals surface area contributed by atoms with Crippen molar-refractivity contribution in [3.05, 3.63) is 32.8 Å². The Hall–Kier alpha value is -2.87. The van der Waals surface area contributed by atoms with E-state index in [4.69, 9.17) is 28.0 Å². The first-order chi connectivity index (χ1) is 10.1. The lowest BCUT2D eigenvalue weighted by Gasteiger charge is -2.10. The number of nitro benzene ring substituents is 1. The molecule has 4 N–H and O–H groups in total. The zero-order valence-corrected chi connectivity index (χ0v) is 11.2. The molecule has 0 heterocycles. The topological polar surface area (TPSA) is 141 Å². The fourth-order valence-corrected chi connectivity index (χ4v) is 1.47. The number of nitrogens with two attached hydrogens (primary N) is 1. The van der Waals surface area contributed by atoms with Crippen LogP contribution >= 0.6 is 11.6 Å². The highest BCUT2D eigenvalue weighted by Crippen LogP contribution is 2.39. The van der Waals surface area contributed by atoms with Gasteiger partial charge in [-0.05, 0) is 6.07 Å². The van der Waals surface area contributed by atoms with Gasteiger partial charge in [-0.2, -0.15) is 23.5 Å². The molecule has 0 saturated heterocycles. The van der Waals surface area contributed by atoms with Gasteiger partial charge in [0, 0.05) is 6.07 Å². The Morgan fingerprint density at radius 3 is 2.55 bits per heavy atom. The van der Waals surface area contributed by atoms with E-state index in [1.165, 1.54) is 6.07 Å². The van der Waals surface area contributed by atoms with E-state index in [9.17, 15) is 23.3 Å². The van der Waals surface area contributed by atoms with Crippen LogP contribution in [0.4, 0.5) is 24.5 Å². The number of hydrogen-bond acceptors (Lipinski definition) is 6. The van der Waals surface area contributed by atoms with Crippen LogP contribution in [0.5, 0.6) is 0 Å². The van der Waals surface area contributed by atoms with Crippen LogP contribution in [0.2, 0.25) is 5.02 Å². The van der Waals surface area contributed by atoms with Crippen LogP contribution < -0.4 is 11.2 Å². The van der Waals surface area contributed by atoms with E-state index in [1.807, 2.05) is 5.43 Å². The number of anilines is 1. The minimum atomic E-state index is -4.85. The van der Waals surface area contributed by atoms with Crippen molar-refractivity contribution in [1.82, 2.24) is 0 Å². The minimum absolute atomic E-state index is 0.271. The fraction of sp³-hybridized carbons (Fsp3) is 0.100. The number of alkyl halides is 3. The lowest BCUT2D eigenvalue weighted by Crippen LogP contribution is -2.22. The maximum absolute atomic E-state index is 12.7. The molecule has 0 saturated carbocycles. The molecule has 116 valence electrons. The van der Waals surface area contributed by atoms with Crippen molar-refractivity contribution >= 4 is 34.5 Å². The molecular formula is C10H6ClF3N6O2. The van der Waals surface area contributed by atoms with Crippen molar-refractivity contribution in [3.63, 3.8) is 0 Å². The molecule has 1 rings (SSSR count). The summed E-state index contributed by atoms with van der Waals surface area (Å²) in [5, 5.41) is 29.0. The Bertz CT molecular complexity index is 710. The highest BCUT2D eigenvalue weighted by molar-refractivity contribution is 6.46. The summed E-state index contributed by atoms with van der Waals surface area (Å²) in [6.45, 7) is 0. The summed E-state index contributed by atoms with van der Waals surface area (Å²) in [5.74, 6) is -0.743. The number of hydrogen-bond donors (Lipinski definition) is 3. The molecule has 0 unspecified atom stereocenters. The van der Waals surface area contributed by atoms with Gasteiger partial charge in [0.1, 0.15) is 11.1 Å². The van der Waals surface area contributed by atoms with E-state index in [0.717, 1.165) is 0 Å². The van der Waals surface area contributed by atoms with Crippen molar-refractivity contribution in [2.24, 2.45) is 10.8 Å². The number of benzene rings is 1. The van der Waals surface area contributed by atoms with Crippen LogP contribution in [0.15, 0.2) is 17.2 Å². The van der Waals surface area contributed by atoms with Gasteiger partial charge in [-0.1, -0.05) is 11.6 Å². The highest BCUT2D eigenvalue weighted by atomic mass is 35.5. The van der Waals surface area contributed by atoms with Crippen molar-refractivity contribution in [2.45, 2.75) is 6.18 Å². The zero-order valence-electron chi connectivity index (χ0n) is 10.4. The Labute approximate surface area is 125 Å². The number of nitriles is 1. The third kappa shape index (κ3) is 3.83. The molecule has 0 atom stereocenters. The van der Waals surface area contributed by atoms with Gasteiger partial charge >= 0.3 is 6.18 Å². The van der Waals surface area contributed by atoms with Crippen LogP contribution in [-0.2, 0) is 6.18 Å². The van der Waals surface area contributed by atoms with E-state index >= 15 is 0 Å². The van der Waals surface area contributed by atoms with Crippen molar-refractivity contribution in [3.8, 4) is 6.07 Å². The fourth-order valence-electron chi connectivity index (χ4n) is 1.25. The van der Waals surface area contributed by atoms with Crippen LogP contribution in [0.1, 0.15) is 5.56 Å². The van der Waals surface area contributed by atoms with Crippen molar-refractivity contribution in [2.75, 3.05) is 5.43 Å². The molecule has 1 aromatic rings. The molecule has 1 aromatic carbocycles. The van der Waals surface area contributed by atoms with E-state index < -0.39 is 44.6 Å². The highest BCUT2D eigenvalue weighted by Gasteiger charge is 2.34. The summed E-state index contributed by atoms with van der Waals surface area (Å²) in [4.78, 5) is 9.64. The van der Waals surface area contributed by atoms with Crippen LogP contribution in [0.25, 0.3) is 0 Å². The predicted molar refractivity (Wildman–Crippen MR) is 71.7 cm³/mol. The van der Waals surface area contributed by atoms with E-state index in [0.29, 0.717) is 6.07 Å². The molecule has 0 aliphatic rings. The normalized spacial score (nSPS) is 11.7. The number of halogens is 4. The lowest BCUT2D eigenvalue weighted by molar-refractivity contribution is -0.384. The summed E-state index contributed by atoms with van der Waals surface area (Å²) in [6.07, 6.45) is -4.85. The summed E-state index contributed by atoms with van der Waals surface area (Å²) >= 11 is 5.62. The molecule has 0 amide bonds. The number of nitrogens with zero attached hydrogens (tertiary/aromatic N) is 3. The van der Waals surface area contributed by atoms with E-state index in [1.54, 1.807) is 0 Å². The Kier molecular flexibility index (Phi) is 4.90. The van der Waals surface area contributed by atoms with Crippen molar-refractivity contribution in [1.29, 1.82) is 10.7 Å². The molecule has 0 aliphatic heterocycles. The summed E-state index contributed by atoms with van der Waals surface area (Å²) in [5.41, 5.74) is 3.45. The molecule has 0 bridgehead atoms. The van der Waals surface area contributed by atoms with Gasteiger partial charge in [-0.15, -0.1) is 0 Å². The largest absolute Gasteiger partial charge is 0.416 e. The van der Waals surface area contributed by atoms with Crippen LogP contribution in [0, 0.1) is 26.9 Å². The Morgan fingerprint density at radius 1 is 1.55 bits per heavy atom. The van der Waals surface area contributed by atoms with Crippen LogP contribution in [-0.4, -0.2) is 16.5 Å². The van der Waals surface area contributed by atoms with Crippen molar-refractivity contribution < 1.29 is 18.1 Å². The maximum atomic E-state index is 12.7. The maximum Gasteiger partial charge on any atom is 0.416 e. The third-order valence-electron chi connectivity index (χ3n) is 2.23. The summed E-state index contributed by atoms with van der Waals surface area (Å²) in [7, 11) is 0. The second kappa shape index (κ2) is 6.27. The average molecular weight is 335 g/mol.